The molecule has 0 aromatic heterocycles. The van der Waals surface area contributed by atoms with Gasteiger partial charge >= 0.3 is 0 Å². The molecule has 0 bridgehead atoms. The van der Waals surface area contributed by atoms with E-state index in [1.807, 2.05) is 0 Å². The van der Waals surface area contributed by atoms with E-state index < -0.39 is 0 Å². The predicted molar refractivity (Wildman–Crippen MR) is 62.7 cm³/mol. The van der Waals surface area contributed by atoms with Crippen molar-refractivity contribution in [2.45, 2.75) is 18.9 Å². The van der Waals surface area contributed by atoms with Crippen LogP contribution in [0.25, 0.3) is 0 Å². The van der Waals surface area contributed by atoms with Crippen molar-refractivity contribution < 1.29 is 4.74 Å². The summed E-state index contributed by atoms with van der Waals surface area (Å²) in [7, 11) is 0. The molecule has 0 aliphatic carbocycles. The van der Waals surface area contributed by atoms with E-state index in [-0.39, 0.29) is 6.10 Å². The summed E-state index contributed by atoms with van der Waals surface area (Å²) in [5.41, 5.74) is 0.498. The van der Waals surface area contributed by atoms with E-state index in [1.165, 1.54) is 0 Å². The molecule has 1 aliphatic heterocycles. The maximum atomic E-state index is 8.97. The summed E-state index contributed by atoms with van der Waals surface area (Å²) < 4.78 is 5.79. The number of nitrogens with one attached hydrogen (secondary N) is 1. The second-order valence-corrected chi connectivity index (χ2v) is 4.27. The number of halogens is 1. The lowest BCUT2D eigenvalue weighted by atomic mass is 10.1. The van der Waals surface area contributed by atoms with Gasteiger partial charge in [0, 0.05) is 11.6 Å². The fraction of sp³-hybridized carbons (Fsp3) is 0.417. The summed E-state index contributed by atoms with van der Waals surface area (Å²) in [5, 5.41) is 12.8. The molecule has 16 heavy (non-hydrogen) atoms. The first-order valence-electron chi connectivity index (χ1n) is 5.36. The van der Waals surface area contributed by atoms with Gasteiger partial charge in [-0.1, -0.05) is 11.6 Å². The highest BCUT2D eigenvalue weighted by Gasteiger charge is 2.16. The zero-order valence-corrected chi connectivity index (χ0v) is 9.63. The molecule has 3 nitrogen and oxygen atoms in total. The predicted octanol–water partition coefficient (Wildman–Crippen LogP) is 2.34. The molecule has 0 spiro atoms. The van der Waals surface area contributed by atoms with Crippen LogP contribution in [0.2, 0.25) is 5.02 Å². The molecule has 0 radical (unpaired) electrons. The highest BCUT2D eigenvalue weighted by atomic mass is 35.5. The number of piperidine rings is 1. The first-order chi connectivity index (χ1) is 7.79. The van der Waals surface area contributed by atoms with E-state index in [2.05, 4.69) is 11.4 Å². The highest BCUT2D eigenvalue weighted by molar-refractivity contribution is 6.30. The minimum absolute atomic E-state index is 0.155. The lowest BCUT2D eigenvalue weighted by Gasteiger charge is -2.24. The minimum Gasteiger partial charge on any atom is -0.488 e. The third kappa shape index (κ3) is 2.66. The van der Waals surface area contributed by atoms with Gasteiger partial charge in [-0.2, -0.15) is 5.26 Å². The Morgan fingerprint density at radius 2 is 2.38 bits per heavy atom. The van der Waals surface area contributed by atoms with Crippen molar-refractivity contribution in [3.8, 4) is 11.8 Å². The van der Waals surface area contributed by atoms with Gasteiger partial charge in [0.05, 0.1) is 5.56 Å². The molecule has 1 fully saturated rings. The van der Waals surface area contributed by atoms with Gasteiger partial charge in [0.25, 0.3) is 0 Å². The van der Waals surface area contributed by atoms with Gasteiger partial charge in [-0.15, -0.1) is 0 Å². The third-order valence-corrected chi connectivity index (χ3v) is 2.84. The number of ether oxygens (including phenoxy) is 1. The van der Waals surface area contributed by atoms with Gasteiger partial charge in [-0.05, 0) is 37.6 Å². The number of hydrogen-bond acceptors (Lipinski definition) is 3. The molecule has 1 aliphatic rings. The van der Waals surface area contributed by atoms with E-state index >= 15 is 0 Å². The van der Waals surface area contributed by atoms with Crippen molar-refractivity contribution in [1.82, 2.24) is 5.32 Å². The Kier molecular flexibility index (Phi) is 3.66. The van der Waals surface area contributed by atoms with Crippen LogP contribution < -0.4 is 10.1 Å². The average Bonchev–Trinajstić information content (AvgIpc) is 2.33. The molecule has 84 valence electrons. The number of nitrogens with zero attached hydrogens (tertiary/aromatic N) is 1. The lowest BCUT2D eigenvalue weighted by Crippen LogP contribution is -2.37. The average molecular weight is 237 g/mol. The summed E-state index contributed by atoms with van der Waals surface area (Å²) in [6, 6.07) is 7.23. The summed E-state index contributed by atoms with van der Waals surface area (Å²) in [6.07, 6.45) is 2.29. The first-order valence-corrected chi connectivity index (χ1v) is 5.74. The molecular weight excluding hydrogens is 224 g/mol. The molecule has 1 aromatic carbocycles. The van der Waals surface area contributed by atoms with Gasteiger partial charge in [0.1, 0.15) is 17.9 Å². The Bertz CT molecular complexity index is 408. The molecule has 1 heterocycles. The lowest BCUT2D eigenvalue weighted by molar-refractivity contribution is 0.166. The van der Waals surface area contributed by atoms with Crippen LogP contribution in [0.4, 0.5) is 0 Å². The second-order valence-electron chi connectivity index (χ2n) is 3.84. The molecule has 0 amide bonds. The fourth-order valence-corrected chi connectivity index (χ4v) is 1.96. The van der Waals surface area contributed by atoms with Crippen molar-refractivity contribution in [3.63, 3.8) is 0 Å². The van der Waals surface area contributed by atoms with Gasteiger partial charge in [0.2, 0.25) is 0 Å². The van der Waals surface area contributed by atoms with Crippen LogP contribution in [0.1, 0.15) is 18.4 Å². The van der Waals surface area contributed by atoms with Crippen LogP contribution in [0, 0.1) is 11.3 Å². The van der Waals surface area contributed by atoms with E-state index in [4.69, 9.17) is 21.6 Å². The summed E-state index contributed by atoms with van der Waals surface area (Å²) in [5.74, 6) is 0.626. The van der Waals surface area contributed by atoms with E-state index in [0.29, 0.717) is 16.3 Å². The van der Waals surface area contributed by atoms with Gasteiger partial charge in [-0.3, -0.25) is 0 Å². The zero-order valence-electron chi connectivity index (χ0n) is 8.87. The molecule has 1 aromatic rings. The summed E-state index contributed by atoms with van der Waals surface area (Å²) >= 11 is 5.82. The summed E-state index contributed by atoms with van der Waals surface area (Å²) in [4.78, 5) is 0. The molecule has 0 saturated carbocycles. The Labute approximate surface area is 100.0 Å². The Morgan fingerprint density at radius 1 is 1.50 bits per heavy atom. The standard InChI is InChI=1S/C12H13ClN2O/c13-10-3-4-12(9(6-10)7-14)16-11-2-1-5-15-8-11/h3-4,6,11,15H,1-2,5,8H2/t11-/m0/s1. The SMILES string of the molecule is N#Cc1cc(Cl)ccc1O[C@H]1CCCNC1. The van der Waals surface area contributed by atoms with Crippen LogP contribution in [-0.2, 0) is 0 Å². The maximum Gasteiger partial charge on any atom is 0.137 e. The van der Waals surface area contributed by atoms with Gasteiger partial charge in [-0.25, -0.2) is 0 Å². The molecule has 1 N–H and O–H groups in total. The van der Waals surface area contributed by atoms with Crippen molar-refractivity contribution in [3.05, 3.63) is 28.8 Å². The largest absolute Gasteiger partial charge is 0.488 e. The van der Waals surface area contributed by atoms with E-state index in [9.17, 15) is 0 Å². The third-order valence-electron chi connectivity index (χ3n) is 2.61. The first kappa shape index (κ1) is 11.3. The van der Waals surface area contributed by atoms with Crippen LogP contribution in [-0.4, -0.2) is 19.2 Å². The van der Waals surface area contributed by atoms with Crippen LogP contribution >= 0.6 is 11.6 Å². The van der Waals surface area contributed by atoms with Crippen molar-refractivity contribution in [2.75, 3.05) is 13.1 Å². The Balaban J connectivity index is 2.11. The number of hydrogen-bond donors (Lipinski definition) is 1. The molecule has 4 heteroatoms. The number of rotatable bonds is 2. The molecule has 2 rings (SSSR count). The normalized spacial score (nSPS) is 20.1. The number of nitriles is 1. The maximum absolute atomic E-state index is 8.97. The van der Waals surface area contributed by atoms with Crippen LogP contribution in [0.5, 0.6) is 5.75 Å². The van der Waals surface area contributed by atoms with E-state index in [1.54, 1.807) is 18.2 Å². The fourth-order valence-electron chi connectivity index (χ4n) is 1.79. The second kappa shape index (κ2) is 5.20. The van der Waals surface area contributed by atoms with Crippen molar-refractivity contribution in [1.29, 1.82) is 5.26 Å². The Morgan fingerprint density at radius 3 is 3.06 bits per heavy atom. The molecule has 1 saturated heterocycles. The smallest absolute Gasteiger partial charge is 0.137 e. The zero-order chi connectivity index (χ0) is 11.4. The minimum atomic E-state index is 0.155. The highest BCUT2D eigenvalue weighted by Crippen LogP contribution is 2.24. The van der Waals surface area contributed by atoms with E-state index in [0.717, 1.165) is 25.9 Å². The van der Waals surface area contributed by atoms with Crippen LogP contribution in [0.3, 0.4) is 0 Å². The van der Waals surface area contributed by atoms with Crippen molar-refractivity contribution >= 4 is 11.6 Å². The topological polar surface area (TPSA) is 45.0 Å². The molecule has 0 unspecified atom stereocenters. The van der Waals surface area contributed by atoms with Crippen LogP contribution in [0.15, 0.2) is 18.2 Å². The Hall–Kier alpha value is -1.24. The molecular formula is C12H13ClN2O. The van der Waals surface area contributed by atoms with Gasteiger partial charge in [0.15, 0.2) is 0 Å². The monoisotopic (exact) mass is 236 g/mol. The quantitative estimate of drug-likeness (QED) is 0.857. The molecule has 1 atom stereocenters. The van der Waals surface area contributed by atoms with Gasteiger partial charge < -0.3 is 10.1 Å². The number of benzene rings is 1. The summed E-state index contributed by atoms with van der Waals surface area (Å²) in [6.45, 7) is 1.89. The van der Waals surface area contributed by atoms with Crippen molar-refractivity contribution in [2.24, 2.45) is 0 Å².